The van der Waals surface area contributed by atoms with Gasteiger partial charge < -0.3 is 9.57 Å². The number of methoxy groups -OCH3 is 1. The number of rotatable bonds is 1. The third-order valence-corrected chi connectivity index (χ3v) is 1.36. The lowest BCUT2D eigenvalue weighted by Gasteiger charge is -1.97. The molecule has 0 bridgehead atoms. The molecule has 0 aromatic rings. The Kier molecular flexibility index (Phi) is 4.74. The minimum Gasteiger partial charge on any atom is -0.464 e. The maximum atomic E-state index is 10.7. The fourth-order valence-electron chi connectivity index (χ4n) is 0.328. The molecule has 0 spiro atoms. The molecule has 5 heteroatoms. The summed E-state index contributed by atoms with van der Waals surface area (Å²) in [5, 5.41) is 3.63. The van der Waals surface area contributed by atoms with E-state index in [0.717, 1.165) is 0 Å². The van der Waals surface area contributed by atoms with Crippen molar-refractivity contribution < 1.29 is 14.4 Å². The van der Waals surface area contributed by atoms with Crippen molar-refractivity contribution in [3.05, 3.63) is 0 Å². The van der Waals surface area contributed by atoms with Gasteiger partial charge in [-0.05, 0) is 6.26 Å². The molecule has 0 amide bonds. The molecule has 0 fully saturated rings. The largest absolute Gasteiger partial charge is 0.464 e. The van der Waals surface area contributed by atoms with Crippen LogP contribution in [0.4, 0.5) is 0 Å². The Morgan fingerprint density at radius 1 is 1.50 bits per heavy atom. The van der Waals surface area contributed by atoms with E-state index in [1.807, 2.05) is 0 Å². The van der Waals surface area contributed by atoms with E-state index < -0.39 is 5.97 Å². The van der Waals surface area contributed by atoms with Crippen LogP contribution in [0.3, 0.4) is 0 Å². The van der Waals surface area contributed by atoms with E-state index in [4.69, 9.17) is 0 Å². The molecule has 0 N–H and O–H groups in total. The van der Waals surface area contributed by atoms with Gasteiger partial charge in [-0.2, -0.15) is 0 Å². The van der Waals surface area contributed by atoms with Crippen LogP contribution in [0.1, 0.15) is 0 Å². The number of esters is 1. The summed E-state index contributed by atoms with van der Waals surface area (Å²) in [5.41, 5.74) is 0. The van der Waals surface area contributed by atoms with Crippen LogP contribution < -0.4 is 0 Å². The van der Waals surface area contributed by atoms with Crippen molar-refractivity contribution >= 4 is 22.8 Å². The second-order valence-corrected chi connectivity index (χ2v) is 2.07. The van der Waals surface area contributed by atoms with Crippen molar-refractivity contribution in [1.82, 2.24) is 0 Å². The van der Waals surface area contributed by atoms with E-state index in [2.05, 4.69) is 14.7 Å². The lowest BCUT2D eigenvalue weighted by atomic mass is 10.7. The van der Waals surface area contributed by atoms with Crippen LogP contribution in [-0.4, -0.2) is 31.5 Å². The number of thioether (sulfide) groups is 1. The molecule has 0 heterocycles. The zero-order valence-corrected chi connectivity index (χ0v) is 6.90. The van der Waals surface area contributed by atoms with Crippen molar-refractivity contribution in [2.45, 2.75) is 0 Å². The summed E-state index contributed by atoms with van der Waals surface area (Å²) in [6, 6.07) is 0. The molecule has 10 heavy (non-hydrogen) atoms. The highest BCUT2D eigenvalue weighted by Crippen LogP contribution is 1.99. The van der Waals surface area contributed by atoms with Gasteiger partial charge in [0, 0.05) is 0 Å². The van der Waals surface area contributed by atoms with Crippen LogP contribution in [-0.2, 0) is 14.4 Å². The topological polar surface area (TPSA) is 47.9 Å². The Hall–Kier alpha value is -0.710. The highest BCUT2D eigenvalue weighted by Gasteiger charge is 2.09. The van der Waals surface area contributed by atoms with Gasteiger partial charge in [-0.15, -0.1) is 0 Å². The van der Waals surface area contributed by atoms with E-state index in [1.165, 1.54) is 26.0 Å². The number of hydrogen-bond acceptors (Lipinski definition) is 5. The first kappa shape index (κ1) is 9.29. The molecule has 58 valence electrons. The molecule has 0 radical (unpaired) electrons. The number of carbonyl (C=O) groups is 1. The summed E-state index contributed by atoms with van der Waals surface area (Å²) in [4.78, 5) is 15.1. The number of carbonyl (C=O) groups excluding carboxylic acids is 1. The summed E-state index contributed by atoms with van der Waals surface area (Å²) in [5.74, 6) is -0.477. The van der Waals surface area contributed by atoms with Gasteiger partial charge in [-0.3, -0.25) is 0 Å². The zero-order chi connectivity index (χ0) is 7.98. The molecule has 0 saturated heterocycles. The number of nitrogens with zero attached hydrogens (tertiary/aromatic N) is 1. The van der Waals surface area contributed by atoms with E-state index in [1.54, 1.807) is 6.26 Å². The number of oxime groups is 1. The monoisotopic (exact) mass is 163 g/mol. The summed E-state index contributed by atoms with van der Waals surface area (Å²) in [7, 11) is 2.67. The van der Waals surface area contributed by atoms with Crippen LogP contribution in [0, 0.1) is 0 Å². The van der Waals surface area contributed by atoms with Gasteiger partial charge in [0.1, 0.15) is 7.11 Å². The Balaban J connectivity index is 4.06. The maximum absolute atomic E-state index is 10.7. The smallest absolute Gasteiger partial charge is 0.366 e. The lowest BCUT2D eigenvalue weighted by Crippen LogP contribution is -2.11. The second-order valence-electron chi connectivity index (χ2n) is 1.27. The first-order chi connectivity index (χ1) is 4.76. The summed E-state index contributed by atoms with van der Waals surface area (Å²) in [6.45, 7) is 0. The van der Waals surface area contributed by atoms with Gasteiger partial charge in [0.25, 0.3) is 0 Å². The van der Waals surface area contributed by atoms with Gasteiger partial charge >= 0.3 is 5.97 Å². The van der Waals surface area contributed by atoms with Crippen molar-refractivity contribution in [3.8, 4) is 0 Å². The average Bonchev–Trinajstić information content (AvgIpc) is 1.99. The van der Waals surface area contributed by atoms with E-state index >= 15 is 0 Å². The molecule has 0 aromatic carbocycles. The highest BCUT2D eigenvalue weighted by molar-refractivity contribution is 8.15. The zero-order valence-electron chi connectivity index (χ0n) is 6.08. The number of hydrogen-bond donors (Lipinski definition) is 0. The standard InChI is InChI=1S/C5H9NO3S/c1-8-5(7)4(10-3)6-9-2/h1-3H3/b6-4+. The first-order valence-corrected chi connectivity index (χ1v) is 3.72. The van der Waals surface area contributed by atoms with E-state index in [-0.39, 0.29) is 5.04 Å². The van der Waals surface area contributed by atoms with Crippen molar-refractivity contribution in [2.24, 2.45) is 5.16 Å². The van der Waals surface area contributed by atoms with Crippen LogP contribution in [0.5, 0.6) is 0 Å². The van der Waals surface area contributed by atoms with Crippen molar-refractivity contribution in [2.75, 3.05) is 20.5 Å². The van der Waals surface area contributed by atoms with Crippen LogP contribution in [0.25, 0.3) is 0 Å². The molecule has 4 nitrogen and oxygen atoms in total. The van der Waals surface area contributed by atoms with Gasteiger partial charge in [-0.25, -0.2) is 4.79 Å². The quantitative estimate of drug-likeness (QED) is 0.244. The molecule has 0 aromatic heterocycles. The average molecular weight is 163 g/mol. The Morgan fingerprint density at radius 3 is 2.40 bits per heavy atom. The molecule has 0 aliphatic rings. The molecule has 0 unspecified atom stereocenters. The fourth-order valence-corrected chi connectivity index (χ4v) is 0.727. The van der Waals surface area contributed by atoms with Crippen molar-refractivity contribution in [1.29, 1.82) is 0 Å². The minimum atomic E-state index is -0.477. The summed E-state index contributed by atoms with van der Waals surface area (Å²) in [6.07, 6.45) is 1.72. The SMILES string of the molecule is CO/N=C(/SC)C(=O)OC. The van der Waals surface area contributed by atoms with Gasteiger partial charge in [0.15, 0.2) is 0 Å². The van der Waals surface area contributed by atoms with E-state index in [0.29, 0.717) is 0 Å². The van der Waals surface area contributed by atoms with Crippen LogP contribution >= 0.6 is 11.8 Å². The summed E-state index contributed by atoms with van der Waals surface area (Å²) < 4.78 is 4.39. The highest BCUT2D eigenvalue weighted by atomic mass is 32.2. The minimum absolute atomic E-state index is 0.213. The second kappa shape index (κ2) is 5.10. The normalized spacial score (nSPS) is 10.9. The first-order valence-electron chi connectivity index (χ1n) is 2.49. The molecule has 0 aliphatic heterocycles. The molecule has 0 atom stereocenters. The maximum Gasteiger partial charge on any atom is 0.366 e. The lowest BCUT2D eigenvalue weighted by molar-refractivity contribution is -0.132. The van der Waals surface area contributed by atoms with Gasteiger partial charge in [0.05, 0.1) is 7.11 Å². The Labute approximate surface area is 63.6 Å². The predicted molar refractivity (Wildman–Crippen MR) is 40.0 cm³/mol. The molecule has 0 saturated carbocycles. The molecular formula is C5H9NO3S. The molecular weight excluding hydrogens is 154 g/mol. The predicted octanol–water partition coefficient (Wildman–Crippen LogP) is 0.482. The van der Waals surface area contributed by atoms with Crippen LogP contribution in [0.2, 0.25) is 0 Å². The Bertz CT molecular complexity index is 146. The third-order valence-electron chi connectivity index (χ3n) is 0.728. The molecule has 0 aliphatic carbocycles. The van der Waals surface area contributed by atoms with Gasteiger partial charge in [0.2, 0.25) is 5.04 Å². The molecule has 0 rings (SSSR count). The van der Waals surface area contributed by atoms with Crippen LogP contribution in [0.15, 0.2) is 5.16 Å². The third kappa shape index (κ3) is 2.72. The van der Waals surface area contributed by atoms with Gasteiger partial charge in [-0.1, -0.05) is 16.9 Å². The van der Waals surface area contributed by atoms with Crippen molar-refractivity contribution in [3.63, 3.8) is 0 Å². The summed E-state index contributed by atoms with van der Waals surface area (Å²) >= 11 is 1.18. The number of ether oxygens (including phenoxy) is 1. The van der Waals surface area contributed by atoms with E-state index in [9.17, 15) is 4.79 Å². The Morgan fingerprint density at radius 2 is 2.10 bits per heavy atom. The fraction of sp³-hybridized carbons (Fsp3) is 0.600.